The lowest BCUT2D eigenvalue weighted by atomic mass is 10.1. The Morgan fingerprint density at radius 2 is 2.11 bits per heavy atom. The molecule has 0 saturated carbocycles. The molecule has 1 saturated heterocycles. The van der Waals surface area contributed by atoms with Gasteiger partial charge in [0.05, 0.1) is 0 Å². The number of carbonyl (C=O) groups is 2. The van der Waals surface area contributed by atoms with Gasteiger partial charge in [0, 0.05) is 13.0 Å². The monoisotopic (exact) mass is 247 g/mol. The van der Waals surface area contributed by atoms with E-state index in [-0.39, 0.29) is 11.8 Å². The molecule has 1 aliphatic rings. The largest absolute Gasteiger partial charge is 0.326 e. The third-order valence-corrected chi connectivity index (χ3v) is 3.25. The highest BCUT2D eigenvalue weighted by atomic mass is 16.2. The number of carbonyl (C=O) groups excluding carboxylic acids is 2. The fourth-order valence-electron chi connectivity index (χ4n) is 2.19. The van der Waals surface area contributed by atoms with Crippen LogP contribution in [0.25, 0.3) is 0 Å². The van der Waals surface area contributed by atoms with Crippen molar-refractivity contribution >= 4 is 11.8 Å². The number of hydrogen-bond donors (Lipinski definition) is 2. The fraction of sp³-hybridized carbons (Fsp3) is 0.385. The number of hydrogen-bond acceptors (Lipinski definition) is 3. The van der Waals surface area contributed by atoms with E-state index in [1.54, 1.807) is 4.90 Å². The molecule has 5 nitrogen and oxygen atoms in total. The van der Waals surface area contributed by atoms with E-state index in [1.165, 1.54) is 5.56 Å². The number of likely N-dealkylation sites (tertiary alicyclic amines) is 1. The van der Waals surface area contributed by atoms with Gasteiger partial charge in [-0.3, -0.25) is 15.0 Å². The predicted molar refractivity (Wildman–Crippen MR) is 67.1 cm³/mol. The van der Waals surface area contributed by atoms with Crippen molar-refractivity contribution in [1.82, 2.24) is 10.3 Å². The van der Waals surface area contributed by atoms with Crippen LogP contribution in [-0.2, 0) is 16.1 Å². The van der Waals surface area contributed by atoms with Crippen molar-refractivity contribution in [2.45, 2.75) is 32.4 Å². The summed E-state index contributed by atoms with van der Waals surface area (Å²) in [6.07, 6.45) is 0.942. The molecule has 0 aromatic heterocycles. The van der Waals surface area contributed by atoms with Crippen molar-refractivity contribution in [3.8, 4) is 0 Å². The van der Waals surface area contributed by atoms with Crippen LogP contribution in [0.4, 0.5) is 0 Å². The molecule has 1 aromatic carbocycles. The first-order valence-electron chi connectivity index (χ1n) is 5.97. The number of rotatable bonds is 3. The lowest BCUT2D eigenvalue weighted by molar-refractivity contribution is -0.135. The molecule has 3 N–H and O–H groups in total. The van der Waals surface area contributed by atoms with E-state index >= 15 is 0 Å². The summed E-state index contributed by atoms with van der Waals surface area (Å²) in [6, 6.07) is 7.49. The van der Waals surface area contributed by atoms with Crippen molar-refractivity contribution < 1.29 is 9.59 Å². The van der Waals surface area contributed by atoms with Gasteiger partial charge in [-0.2, -0.15) is 0 Å². The molecule has 0 bridgehead atoms. The van der Waals surface area contributed by atoms with Gasteiger partial charge in [0.15, 0.2) is 0 Å². The van der Waals surface area contributed by atoms with Crippen molar-refractivity contribution in [2.75, 3.05) is 0 Å². The summed E-state index contributed by atoms with van der Waals surface area (Å²) in [5.41, 5.74) is 4.31. The molecule has 2 rings (SSSR count). The third-order valence-electron chi connectivity index (χ3n) is 3.25. The van der Waals surface area contributed by atoms with Crippen LogP contribution in [0.5, 0.6) is 0 Å². The number of nitrogens with one attached hydrogen (secondary N) is 1. The minimum absolute atomic E-state index is 0.00387. The van der Waals surface area contributed by atoms with Crippen LogP contribution in [0.1, 0.15) is 24.0 Å². The Morgan fingerprint density at radius 1 is 1.44 bits per heavy atom. The van der Waals surface area contributed by atoms with Crippen LogP contribution in [0.2, 0.25) is 0 Å². The second kappa shape index (κ2) is 5.18. The summed E-state index contributed by atoms with van der Waals surface area (Å²) < 4.78 is 0. The van der Waals surface area contributed by atoms with E-state index in [0.29, 0.717) is 19.4 Å². The normalized spacial score (nSPS) is 19.1. The Kier molecular flexibility index (Phi) is 3.62. The molecular weight excluding hydrogens is 230 g/mol. The average molecular weight is 247 g/mol. The Labute approximate surface area is 106 Å². The third kappa shape index (κ3) is 2.51. The second-order valence-corrected chi connectivity index (χ2v) is 4.57. The van der Waals surface area contributed by atoms with Gasteiger partial charge in [-0.25, -0.2) is 5.84 Å². The molecule has 0 spiro atoms. The lowest BCUT2D eigenvalue weighted by Gasteiger charge is -2.23. The first kappa shape index (κ1) is 12.6. The molecule has 1 unspecified atom stereocenters. The fourth-order valence-corrected chi connectivity index (χ4v) is 2.19. The molecule has 5 heteroatoms. The molecule has 1 aromatic rings. The molecule has 96 valence electrons. The summed E-state index contributed by atoms with van der Waals surface area (Å²) in [6.45, 7) is 2.46. The van der Waals surface area contributed by atoms with Crippen LogP contribution in [-0.4, -0.2) is 22.8 Å². The summed E-state index contributed by atoms with van der Waals surface area (Å²) in [5.74, 6) is 4.84. The number of nitrogens with two attached hydrogens (primary N) is 1. The predicted octanol–water partition coefficient (Wildman–Crippen LogP) is 0.476. The number of benzene rings is 1. The first-order valence-corrected chi connectivity index (χ1v) is 5.97. The quantitative estimate of drug-likeness (QED) is 0.463. The van der Waals surface area contributed by atoms with E-state index < -0.39 is 6.04 Å². The molecular formula is C13H17N3O2. The van der Waals surface area contributed by atoms with E-state index in [1.807, 2.05) is 31.2 Å². The molecule has 1 aliphatic heterocycles. The molecule has 1 fully saturated rings. The van der Waals surface area contributed by atoms with Gasteiger partial charge < -0.3 is 4.90 Å². The van der Waals surface area contributed by atoms with Crippen LogP contribution in [0, 0.1) is 6.92 Å². The van der Waals surface area contributed by atoms with Gasteiger partial charge in [-0.1, -0.05) is 29.8 Å². The van der Waals surface area contributed by atoms with Crippen molar-refractivity contribution in [3.63, 3.8) is 0 Å². The van der Waals surface area contributed by atoms with Gasteiger partial charge in [0.2, 0.25) is 5.91 Å². The van der Waals surface area contributed by atoms with E-state index in [0.717, 1.165) is 5.56 Å². The zero-order chi connectivity index (χ0) is 13.1. The van der Waals surface area contributed by atoms with Crippen molar-refractivity contribution in [3.05, 3.63) is 35.4 Å². The van der Waals surface area contributed by atoms with E-state index in [9.17, 15) is 9.59 Å². The first-order chi connectivity index (χ1) is 8.61. The zero-order valence-electron chi connectivity index (χ0n) is 10.3. The summed E-state index contributed by atoms with van der Waals surface area (Å²) >= 11 is 0. The van der Waals surface area contributed by atoms with Gasteiger partial charge in [0.25, 0.3) is 5.91 Å². The summed E-state index contributed by atoms with van der Waals surface area (Å²) in [7, 11) is 0. The Morgan fingerprint density at radius 3 is 2.72 bits per heavy atom. The molecule has 1 atom stereocenters. The van der Waals surface area contributed by atoms with Crippen molar-refractivity contribution in [2.24, 2.45) is 5.84 Å². The maximum Gasteiger partial charge on any atom is 0.256 e. The van der Waals surface area contributed by atoms with E-state index in [4.69, 9.17) is 5.84 Å². The minimum Gasteiger partial charge on any atom is -0.326 e. The lowest BCUT2D eigenvalue weighted by Crippen LogP contribution is -2.46. The number of hydrazine groups is 1. The summed E-state index contributed by atoms with van der Waals surface area (Å²) in [4.78, 5) is 25.0. The minimum atomic E-state index is -0.441. The molecule has 1 heterocycles. The highest BCUT2D eigenvalue weighted by Gasteiger charge is 2.35. The summed E-state index contributed by atoms with van der Waals surface area (Å²) in [5, 5.41) is 0. The van der Waals surface area contributed by atoms with E-state index in [2.05, 4.69) is 5.43 Å². The van der Waals surface area contributed by atoms with Gasteiger partial charge in [0.1, 0.15) is 6.04 Å². The van der Waals surface area contributed by atoms with Gasteiger partial charge in [-0.05, 0) is 18.9 Å². The topological polar surface area (TPSA) is 75.4 Å². The smallest absolute Gasteiger partial charge is 0.256 e. The Bertz CT molecular complexity index is 456. The molecule has 0 radical (unpaired) electrons. The zero-order valence-corrected chi connectivity index (χ0v) is 10.3. The van der Waals surface area contributed by atoms with Crippen LogP contribution in [0.3, 0.4) is 0 Å². The highest BCUT2D eigenvalue weighted by Crippen LogP contribution is 2.21. The molecule has 0 aliphatic carbocycles. The standard InChI is InChI=1S/C13H17N3O2/c1-9-2-4-10(5-3-9)8-16-11(13(18)15-14)6-7-12(16)17/h2-5,11H,6-8,14H2,1H3,(H,15,18). The second-order valence-electron chi connectivity index (χ2n) is 4.57. The number of nitrogens with zero attached hydrogens (tertiary/aromatic N) is 1. The van der Waals surface area contributed by atoms with Gasteiger partial charge >= 0.3 is 0 Å². The SMILES string of the molecule is Cc1ccc(CN2C(=O)CCC2C(=O)NN)cc1. The maximum atomic E-state index is 11.8. The average Bonchev–Trinajstić information content (AvgIpc) is 2.73. The number of amides is 2. The van der Waals surface area contributed by atoms with Crippen LogP contribution < -0.4 is 11.3 Å². The number of aryl methyl sites for hydroxylation is 1. The van der Waals surface area contributed by atoms with Gasteiger partial charge in [-0.15, -0.1) is 0 Å². The van der Waals surface area contributed by atoms with Crippen molar-refractivity contribution in [1.29, 1.82) is 0 Å². The van der Waals surface area contributed by atoms with Crippen LogP contribution >= 0.6 is 0 Å². The highest BCUT2D eigenvalue weighted by molar-refractivity contribution is 5.90. The maximum absolute atomic E-state index is 11.8. The Hall–Kier alpha value is -1.88. The molecule has 2 amide bonds. The van der Waals surface area contributed by atoms with Crippen LogP contribution in [0.15, 0.2) is 24.3 Å². The Balaban J connectivity index is 2.12. The molecule has 18 heavy (non-hydrogen) atoms.